The van der Waals surface area contributed by atoms with E-state index in [4.69, 9.17) is 9.84 Å². The smallest absolute Gasteiger partial charge is 0.271 e. The first-order valence-electron chi connectivity index (χ1n) is 9.76. The maximum atomic E-state index is 12.3. The van der Waals surface area contributed by atoms with Crippen LogP contribution in [-0.2, 0) is 24.1 Å². The predicted molar refractivity (Wildman–Crippen MR) is 97.9 cm³/mol. The summed E-state index contributed by atoms with van der Waals surface area (Å²) in [6, 6.07) is 0.401. The Morgan fingerprint density at radius 3 is 2.80 bits per heavy atom. The molecule has 2 N–H and O–H groups in total. The van der Waals surface area contributed by atoms with Gasteiger partial charge in [0.25, 0.3) is 5.91 Å². The van der Waals surface area contributed by atoms with Crippen LogP contribution in [0.3, 0.4) is 0 Å². The van der Waals surface area contributed by atoms with E-state index in [-0.39, 0.29) is 5.91 Å². The van der Waals surface area contributed by atoms with Gasteiger partial charge in [0.1, 0.15) is 0 Å². The van der Waals surface area contributed by atoms with Gasteiger partial charge in [0.15, 0.2) is 5.69 Å². The molecule has 0 bridgehead atoms. The molecule has 3 rings (SSSR count). The maximum Gasteiger partial charge on any atom is 0.271 e. The standard InChI is InChI=1S/C19H32N4O2/c1-20-19(24)18-16-12-15(21-10-11-25-2)8-9-17(16)23(22-18)13-14-6-4-3-5-7-14/h14-15,21H,3-13H2,1-2H3,(H,20,24). The average molecular weight is 348 g/mol. The second-order valence-corrected chi connectivity index (χ2v) is 7.43. The van der Waals surface area contributed by atoms with Gasteiger partial charge >= 0.3 is 0 Å². The number of hydrogen-bond acceptors (Lipinski definition) is 4. The quantitative estimate of drug-likeness (QED) is 0.739. The zero-order chi connectivity index (χ0) is 17.6. The van der Waals surface area contributed by atoms with Crippen molar-refractivity contribution in [3.8, 4) is 0 Å². The molecule has 25 heavy (non-hydrogen) atoms. The molecular weight excluding hydrogens is 316 g/mol. The minimum atomic E-state index is -0.0591. The van der Waals surface area contributed by atoms with Crippen LogP contribution in [0.2, 0.25) is 0 Å². The van der Waals surface area contributed by atoms with Gasteiger partial charge in [-0.05, 0) is 38.0 Å². The van der Waals surface area contributed by atoms with Crippen molar-refractivity contribution in [2.75, 3.05) is 27.3 Å². The molecule has 1 unspecified atom stereocenters. The van der Waals surface area contributed by atoms with Gasteiger partial charge in [-0.2, -0.15) is 5.10 Å². The number of amides is 1. The number of nitrogens with one attached hydrogen (secondary N) is 2. The van der Waals surface area contributed by atoms with Crippen molar-refractivity contribution in [3.63, 3.8) is 0 Å². The van der Waals surface area contributed by atoms with Crippen molar-refractivity contribution in [3.05, 3.63) is 17.0 Å². The van der Waals surface area contributed by atoms with Gasteiger partial charge in [-0.15, -0.1) is 0 Å². The van der Waals surface area contributed by atoms with E-state index in [9.17, 15) is 4.79 Å². The Bertz CT molecular complexity index is 578. The van der Waals surface area contributed by atoms with E-state index in [2.05, 4.69) is 15.3 Å². The molecule has 1 aromatic heterocycles. The second-order valence-electron chi connectivity index (χ2n) is 7.43. The van der Waals surface area contributed by atoms with Gasteiger partial charge in [-0.1, -0.05) is 19.3 Å². The lowest BCUT2D eigenvalue weighted by molar-refractivity contribution is 0.0956. The summed E-state index contributed by atoms with van der Waals surface area (Å²) >= 11 is 0. The monoisotopic (exact) mass is 348 g/mol. The number of rotatable bonds is 7. The summed E-state index contributed by atoms with van der Waals surface area (Å²) in [6.45, 7) is 2.54. The van der Waals surface area contributed by atoms with E-state index in [1.54, 1.807) is 14.2 Å². The molecule has 1 fully saturated rings. The second kappa shape index (κ2) is 8.81. The fourth-order valence-electron chi connectivity index (χ4n) is 4.29. The third kappa shape index (κ3) is 4.42. The molecule has 140 valence electrons. The van der Waals surface area contributed by atoms with Crippen molar-refractivity contribution in [1.82, 2.24) is 20.4 Å². The number of carbonyl (C=O) groups is 1. The molecule has 6 heteroatoms. The number of nitrogens with zero attached hydrogens (tertiary/aromatic N) is 2. The van der Waals surface area contributed by atoms with E-state index in [1.807, 2.05) is 0 Å². The number of hydrogen-bond donors (Lipinski definition) is 2. The van der Waals surface area contributed by atoms with Crippen LogP contribution in [0.25, 0.3) is 0 Å². The number of methoxy groups -OCH3 is 1. The molecule has 1 atom stereocenters. The molecule has 1 aromatic rings. The van der Waals surface area contributed by atoms with Gasteiger partial charge < -0.3 is 15.4 Å². The van der Waals surface area contributed by atoms with E-state index >= 15 is 0 Å². The van der Waals surface area contributed by atoms with Gasteiger partial charge in [-0.3, -0.25) is 9.48 Å². The number of ether oxygens (including phenoxy) is 1. The fourth-order valence-corrected chi connectivity index (χ4v) is 4.29. The van der Waals surface area contributed by atoms with Gasteiger partial charge in [0, 0.05) is 44.5 Å². The molecule has 2 aliphatic carbocycles. The molecule has 0 aromatic carbocycles. The Morgan fingerprint density at radius 2 is 2.08 bits per heavy atom. The predicted octanol–water partition coefficient (Wildman–Crippen LogP) is 1.92. The molecule has 1 heterocycles. The topological polar surface area (TPSA) is 68.2 Å². The average Bonchev–Trinajstić information content (AvgIpc) is 3.00. The summed E-state index contributed by atoms with van der Waals surface area (Å²) in [7, 11) is 3.41. The lowest BCUT2D eigenvalue weighted by atomic mass is 9.88. The number of aromatic nitrogens is 2. The highest BCUT2D eigenvalue weighted by Crippen LogP contribution is 2.29. The van der Waals surface area contributed by atoms with Gasteiger partial charge in [0.05, 0.1) is 6.61 Å². The molecule has 0 spiro atoms. The van der Waals surface area contributed by atoms with Gasteiger partial charge in [-0.25, -0.2) is 0 Å². The minimum Gasteiger partial charge on any atom is -0.383 e. The summed E-state index contributed by atoms with van der Waals surface area (Å²) in [5.74, 6) is 0.657. The van der Waals surface area contributed by atoms with E-state index in [1.165, 1.54) is 37.8 Å². The third-order valence-electron chi connectivity index (χ3n) is 5.68. The highest BCUT2D eigenvalue weighted by molar-refractivity contribution is 5.93. The molecule has 0 aliphatic heterocycles. The lowest BCUT2D eigenvalue weighted by Crippen LogP contribution is -2.37. The van der Waals surface area contributed by atoms with Crippen LogP contribution < -0.4 is 10.6 Å². The summed E-state index contributed by atoms with van der Waals surface area (Å²) in [6.07, 6.45) is 9.61. The van der Waals surface area contributed by atoms with Crippen LogP contribution in [0.4, 0.5) is 0 Å². The Kier molecular flexibility index (Phi) is 6.48. The van der Waals surface area contributed by atoms with Crippen LogP contribution in [0.15, 0.2) is 0 Å². The van der Waals surface area contributed by atoms with E-state index in [0.717, 1.165) is 37.9 Å². The molecule has 0 radical (unpaired) electrons. The Labute approximate surface area is 150 Å². The lowest BCUT2D eigenvalue weighted by Gasteiger charge is -2.26. The highest BCUT2D eigenvalue weighted by atomic mass is 16.5. The first kappa shape index (κ1) is 18.4. The molecule has 0 saturated heterocycles. The SMILES string of the molecule is CNC(=O)c1nn(CC2CCCCC2)c2c1CC(NCCOC)CC2. The summed E-state index contributed by atoms with van der Waals surface area (Å²) in [5, 5.41) is 11.0. The van der Waals surface area contributed by atoms with Crippen LogP contribution in [0.5, 0.6) is 0 Å². The van der Waals surface area contributed by atoms with E-state index < -0.39 is 0 Å². The van der Waals surface area contributed by atoms with Crippen LogP contribution >= 0.6 is 0 Å². The number of fused-ring (bicyclic) bond motifs is 1. The summed E-state index contributed by atoms with van der Waals surface area (Å²) < 4.78 is 7.28. The molecular formula is C19H32N4O2. The van der Waals surface area contributed by atoms with Crippen LogP contribution in [0, 0.1) is 5.92 Å². The largest absolute Gasteiger partial charge is 0.383 e. The Balaban J connectivity index is 1.76. The fraction of sp³-hybridized carbons (Fsp3) is 0.789. The molecule has 1 amide bonds. The van der Waals surface area contributed by atoms with Crippen molar-refractivity contribution in [2.45, 2.75) is 64.0 Å². The molecule has 2 aliphatic rings. The number of carbonyl (C=O) groups excluding carboxylic acids is 1. The minimum absolute atomic E-state index is 0.0591. The maximum absolute atomic E-state index is 12.3. The zero-order valence-electron chi connectivity index (χ0n) is 15.6. The van der Waals surface area contributed by atoms with Crippen LogP contribution in [-0.4, -0.2) is 49.0 Å². The summed E-state index contributed by atoms with van der Waals surface area (Å²) in [5.41, 5.74) is 3.07. The van der Waals surface area contributed by atoms with Crippen molar-refractivity contribution in [1.29, 1.82) is 0 Å². The van der Waals surface area contributed by atoms with Crippen molar-refractivity contribution < 1.29 is 9.53 Å². The first-order chi connectivity index (χ1) is 12.2. The normalized spacial score (nSPS) is 21.1. The molecule has 6 nitrogen and oxygen atoms in total. The zero-order valence-corrected chi connectivity index (χ0v) is 15.6. The van der Waals surface area contributed by atoms with Gasteiger partial charge in [0.2, 0.25) is 0 Å². The van der Waals surface area contributed by atoms with Crippen LogP contribution in [0.1, 0.15) is 60.3 Å². The summed E-state index contributed by atoms with van der Waals surface area (Å²) in [4.78, 5) is 12.3. The van der Waals surface area contributed by atoms with Crippen molar-refractivity contribution >= 4 is 5.91 Å². The third-order valence-corrected chi connectivity index (χ3v) is 5.68. The molecule has 1 saturated carbocycles. The highest BCUT2D eigenvalue weighted by Gasteiger charge is 2.29. The first-order valence-corrected chi connectivity index (χ1v) is 9.76. The van der Waals surface area contributed by atoms with Crippen molar-refractivity contribution in [2.24, 2.45) is 5.92 Å². The Morgan fingerprint density at radius 1 is 1.28 bits per heavy atom. The Hall–Kier alpha value is -1.40. The van der Waals surface area contributed by atoms with E-state index in [0.29, 0.717) is 24.3 Å².